The molecule has 0 atom stereocenters. The predicted molar refractivity (Wildman–Crippen MR) is 131 cm³/mol. The molecule has 1 aliphatic heterocycles. The average Bonchev–Trinajstić information content (AvgIpc) is 2.85. The number of nitrogens with zero attached hydrogens (tertiary/aromatic N) is 2. The summed E-state index contributed by atoms with van der Waals surface area (Å²) in [5.74, 6) is 2.30. The average molecular weight is 384 g/mol. The molecule has 0 saturated carbocycles. The fourth-order valence-electron chi connectivity index (χ4n) is 4.23. The Morgan fingerprint density at radius 2 is 0.933 bits per heavy atom. The highest BCUT2D eigenvalue weighted by atomic mass is 15.2. The molecule has 142 valence electrons. The quantitative estimate of drug-likeness (QED) is 0.483. The van der Waals surface area contributed by atoms with E-state index in [1.54, 1.807) is 0 Å². The van der Waals surface area contributed by atoms with Crippen LogP contribution < -0.4 is 20.5 Å². The van der Waals surface area contributed by atoms with Gasteiger partial charge in [-0.05, 0) is 35.9 Å². The third-order valence-electron chi connectivity index (χ3n) is 5.60. The van der Waals surface area contributed by atoms with E-state index in [4.69, 9.17) is 0 Å². The Morgan fingerprint density at radius 3 is 1.50 bits per heavy atom. The molecule has 0 aromatic heterocycles. The van der Waals surface area contributed by atoms with Crippen molar-refractivity contribution < 1.29 is 0 Å². The van der Waals surface area contributed by atoms with Gasteiger partial charge in [-0.3, -0.25) is 0 Å². The first-order valence-electron chi connectivity index (χ1n) is 10.4. The summed E-state index contributed by atoms with van der Waals surface area (Å²) in [7, 11) is 0. The summed E-state index contributed by atoms with van der Waals surface area (Å²) in [6.07, 6.45) is 2.24. The van der Waals surface area contributed by atoms with Gasteiger partial charge in [0.2, 0.25) is 0 Å². The van der Waals surface area contributed by atoms with Crippen molar-refractivity contribution in [1.82, 2.24) is 0 Å². The molecule has 0 N–H and O–H groups in total. The minimum atomic E-state index is 0.0335. The zero-order valence-corrected chi connectivity index (χ0v) is 16.8. The van der Waals surface area contributed by atoms with Crippen molar-refractivity contribution in [1.29, 1.82) is 0 Å². The van der Waals surface area contributed by atoms with Crippen LogP contribution in [0.25, 0.3) is 0 Å². The number of hydrogen-bond acceptors (Lipinski definition) is 2. The molecule has 0 radical (unpaired) electrons. The second-order valence-electron chi connectivity index (χ2n) is 7.47. The van der Waals surface area contributed by atoms with Gasteiger partial charge < -0.3 is 9.53 Å². The van der Waals surface area contributed by atoms with Crippen LogP contribution in [0.5, 0.6) is 0 Å². The van der Waals surface area contributed by atoms with E-state index in [1.807, 2.05) is 0 Å². The zero-order chi connectivity index (χ0) is 20.2. The van der Waals surface area contributed by atoms with E-state index in [0.29, 0.717) is 0 Å². The number of anilines is 2. The Kier molecular flexibility index (Phi) is 5.14. The van der Waals surface area contributed by atoms with Crippen LogP contribution in [0.3, 0.4) is 0 Å². The SMILES string of the molecule is C1=CN(c2ccccc2)B(c2ccccc2)N(c2ccccc2)B1c1ccccc1. The van der Waals surface area contributed by atoms with E-state index >= 15 is 0 Å². The van der Waals surface area contributed by atoms with E-state index in [2.05, 4.69) is 143 Å². The minimum absolute atomic E-state index is 0.0335. The van der Waals surface area contributed by atoms with Crippen molar-refractivity contribution in [3.05, 3.63) is 134 Å². The third-order valence-corrected chi connectivity index (χ3v) is 5.60. The fourth-order valence-corrected chi connectivity index (χ4v) is 4.23. The number of para-hydroxylation sites is 2. The smallest absolute Gasteiger partial charge is 0.403 e. The molecule has 5 rings (SSSR count). The molecular weight excluding hydrogens is 362 g/mol. The molecule has 0 unspecified atom stereocenters. The third kappa shape index (κ3) is 3.53. The van der Waals surface area contributed by atoms with Crippen LogP contribution in [0.4, 0.5) is 11.4 Å². The molecule has 30 heavy (non-hydrogen) atoms. The topological polar surface area (TPSA) is 6.48 Å². The van der Waals surface area contributed by atoms with Gasteiger partial charge >= 0.3 is 13.8 Å². The van der Waals surface area contributed by atoms with Gasteiger partial charge in [0.15, 0.2) is 0 Å². The molecule has 1 aliphatic rings. The Bertz CT molecular complexity index is 1010. The largest absolute Gasteiger partial charge is 0.430 e. The van der Waals surface area contributed by atoms with E-state index in [0.717, 1.165) is 0 Å². The van der Waals surface area contributed by atoms with Crippen LogP contribution in [0.2, 0.25) is 0 Å². The van der Waals surface area contributed by atoms with Crippen LogP contribution >= 0.6 is 0 Å². The highest BCUT2D eigenvalue weighted by Crippen LogP contribution is 2.26. The first kappa shape index (κ1) is 18.4. The van der Waals surface area contributed by atoms with E-state index in [-0.39, 0.29) is 13.8 Å². The van der Waals surface area contributed by atoms with Gasteiger partial charge in [0.05, 0.1) is 0 Å². The Morgan fingerprint density at radius 1 is 0.467 bits per heavy atom. The minimum Gasteiger partial charge on any atom is -0.430 e. The lowest BCUT2D eigenvalue weighted by Crippen LogP contribution is -2.68. The second kappa shape index (κ2) is 8.38. The Balaban J connectivity index is 1.72. The normalized spacial score (nSPS) is 13.6. The molecule has 4 aromatic rings. The summed E-state index contributed by atoms with van der Waals surface area (Å²) in [6.45, 7) is 0.171. The lowest BCUT2D eigenvalue weighted by molar-refractivity contribution is 1.31. The van der Waals surface area contributed by atoms with Crippen LogP contribution in [0, 0.1) is 0 Å². The Labute approximate surface area is 179 Å². The fraction of sp³-hybridized carbons (Fsp3) is 0. The summed E-state index contributed by atoms with van der Waals surface area (Å²) >= 11 is 0. The van der Waals surface area contributed by atoms with Crippen LogP contribution in [0.15, 0.2) is 134 Å². The van der Waals surface area contributed by atoms with Gasteiger partial charge in [0, 0.05) is 11.4 Å². The summed E-state index contributed by atoms with van der Waals surface area (Å²) in [5, 5.41) is 0. The standard InChI is InChI=1S/C26H22B2N2/c1-5-13-23(14-6-1)27-21-22-29(25-17-9-3-10-18-25)28(24-15-7-2-8-16-24)30(27)26-19-11-4-12-20-26/h1-22H. The molecule has 0 aliphatic carbocycles. The van der Waals surface area contributed by atoms with Crippen molar-refractivity contribution in [2.75, 3.05) is 9.53 Å². The lowest BCUT2D eigenvalue weighted by Gasteiger charge is -2.44. The van der Waals surface area contributed by atoms with Crippen LogP contribution in [-0.4, -0.2) is 13.8 Å². The van der Waals surface area contributed by atoms with Crippen molar-refractivity contribution >= 4 is 36.1 Å². The van der Waals surface area contributed by atoms with Crippen LogP contribution in [-0.2, 0) is 0 Å². The summed E-state index contributed by atoms with van der Waals surface area (Å²) in [5.41, 5.74) is 4.92. The van der Waals surface area contributed by atoms with Gasteiger partial charge in [0.25, 0.3) is 0 Å². The predicted octanol–water partition coefficient (Wildman–Crippen LogP) is 4.36. The molecule has 4 heteroatoms. The molecule has 0 bridgehead atoms. The van der Waals surface area contributed by atoms with Crippen molar-refractivity contribution in [2.24, 2.45) is 0 Å². The van der Waals surface area contributed by atoms with Gasteiger partial charge in [-0.25, -0.2) is 0 Å². The molecule has 0 fully saturated rings. The summed E-state index contributed by atoms with van der Waals surface area (Å²) in [6, 6.07) is 42.8. The molecule has 0 amide bonds. The maximum absolute atomic E-state index is 2.51. The molecule has 1 heterocycles. The molecule has 0 spiro atoms. The maximum Gasteiger partial charge on any atom is 0.403 e. The van der Waals surface area contributed by atoms with Crippen molar-refractivity contribution in [3.8, 4) is 0 Å². The van der Waals surface area contributed by atoms with Crippen molar-refractivity contribution in [2.45, 2.75) is 0 Å². The maximum atomic E-state index is 2.51. The molecule has 0 saturated heterocycles. The van der Waals surface area contributed by atoms with Crippen molar-refractivity contribution in [3.63, 3.8) is 0 Å². The number of rotatable bonds is 4. The number of benzene rings is 4. The van der Waals surface area contributed by atoms with Crippen LogP contribution in [0.1, 0.15) is 0 Å². The Hall–Kier alpha value is -3.65. The molecule has 4 aromatic carbocycles. The lowest BCUT2D eigenvalue weighted by atomic mass is 9.43. The van der Waals surface area contributed by atoms with E-state index < -0.39 is 0 Å². The highest BCUT2D eigenvalue weighted by Gasteiger charge is 2.41. The second-order valence-corrected chi connectivity index (χ2v) is 7.47. The first-order chi connectivity index (χ1) is 14.9. The first-order valence-corrected chi connectivity index (χ1v) is 10.4. The number of hydrogen-bond donors (Lipinski definition) is 0. The van der Waals surface area contributed by atoms with Gasteiger partial charge in [0.1, 0.15) is 0 Å². The summed E-state index contributed by atoms with van der Waals surface area (Å²) in [4.78, 5) is 2.36. The molecular formula is C26H22B2N2. The van der Waals surface area contributed by atoms with Gasteiger partial charge in [-0.2, -0.15) is 0 Å². The van der Waals surface area contributed by atoms with Gasteiger partial charge in [-0.1, -0.05) is 109 Å². The van der Waals surface area contributed by atoms with E-state index in [1.165, 1.54) is 22.3 Å². The summed E-state index contributed by atoms with van der Waals surface area (Å²) < 4.78 is 2.51. The van der Waals surface area contributed by atoms with Gasteiger partial charge in [-0.15, -0.1) is 0 Å². The highest BCUT2D eigenvalue weighted by molar-refractivity contribution is 6.99. The molecule has 2 nitrogen and oxygen atoms in total. The van der Waals surface area contributed by atoms with E-state index in [9.17, 15) is 0 Å². The monoisotopic (exact) mass is 384 g/mol. The zero-order valence-electron chi connectivity index (χ0n) is 16.8.